The Morgan fingerprint density at radius 1 is 0.625 bits per heavy atom. The van der Waals surface area contributed by atoms with Crippen LogP contribution in [0.4, 0.5) is 0 Å². The highest BCUT2D eigenvalue weighted by Gasteiger charge is 2.00. The van der Waals surface area contributed by atoms with Gasteiger partial charge in [0.25, 0.3) is 0 Å². The van der Waals surface area contributed by atoms with Gasteiger partial charge in [0.15, 0.2) is 0 Å². The Labute approximate surface area is 191 Å². The molecule has 0 saturated heterocycles. The predicted octanol–water partition coefficient (Wildman–Crippen LogP) is 6.07. The van der Waals surface area contributed by atoms with Gasteiger partial charge in [0, 0.05) is 15.1 Å². The van der Waals surface area contributed by atoms with Crippen LogP contribution in [0.1, 0.15) is 110 Å². The van der Waals surface area contributed by atoms with Gasteiger partial charge in [0.05, 0.1) is 6.61 Å². The minimum absolute atomic E-state index is 0.422. The average molecular weight is 491 g/mol. The SMILES string of the molecule is C=COOOOOOOCCCCCCCCCCCCCCCCCC.O=P(O)(O)O. The molecule has 0 unspecified atom stereocenters. The van der Waals surface area contributed by atoms with Crippen LogP contribution < -0.4 is 0 Å². The summed E-state index contributed by atoms with van der Waals surface area (Å²) in [6.45, 7) is 5.90. The fourth-order valence-corrected chi connectivity index (χ4v) is 2.84. The van der Waals surface area contributed by atoms with Crippen molar-refractivity contribution in [3.8, 4) is 0 Å². The average Bonchev–Trinajstić information content (AvgIpc) is 2.73. The lowest BCUT2D eigenvalue weighted by atomic mass is 10.0. The van der Waals surface area contributed by atoms with Crippen LogP contribution in [0, 0.1) is 0 Å². The Bertz CT molecular complexity index is 399. The summed E-state index contributed by atoms with van der Waals surface area (Å²) in [6.07, 6.45) is 22.3. The third-order valence-electron chi connectivity index (χ3n) is 4.35. The van der Waals surface area contributed by atoms with E-state index in [0.717, 1.165) is 19.1 Å². The molecule has 0 saturated carbocycles. The minimum atomic E-state index is -4.64. The van der Waals surface area contributed by atoms with E-state index in [1.807, 2.05) is 0 Å². The fraction of sp³-hybridized carbons (Fsp3) is 0.900. The molecule has 0 rings (SSSR count). The van der Waals surface area contributed by atoms with Crippen molar-refractivity contribution < 1.29 is 54.2 Å². The highest BCUT2D eigenvalue weighted by atomic mass is 31.2. The lowest BCUT2D eigenvalue weighted by Crippen LogP contribution is -2.01. The molecule has 0 atom stereocenters. The minimum Gasteiger partial charge on any atom is -0.315 e. The lowest BCUT2D eigenvalue weighted by Gasteiger charge is -2.03. The Balaban J connectivity index is 0. The summed E-state index contributed by atoms with van der Waals surface area (Å²) in [6, 6.07) is 0. The number of phosphoric acid groups is 1. The summed E-state index contributed by atoms with van der Waals surface area (Å²) < 4.78 is 8.88. The third kappa shape index (κ3) is 43.3. The van der Waals surface area contributed by atoms with Crippen LogP contribution >= 0.6 is 7.82 Å². The smallest absolute Gasteiger partial charge is 0.315 e. The molecule has 0 spiro atoms. The molecule has 3 N–H and O–H groups in total. The maximum atomic E-state index is 8.88. The largest absolute Gasteiger partial charge is 0.466 e. The normalized spacial score (nSPS) is 11.1. The van der Waals surface area contributed by atoms with Gasteiger partial charge in [-0.1, -0.05) is 110 Å². The highest BCUT2D eigenvalue weighted by molar-refractivity contribution is 7.45. The zero-order valence-corrected chi connectivity index (χ0v) is 20.3. The molecule has 0 bridgehead atoms. The van der Waals surface area contributed by atoms with Crippen LogP contribution in [0.2, 0.25) is 0 Å². The molecule has 0 aliphatic carbocycles. The molecule has 0 aliphatic rings. The van der Waals surface area contributed by atoms with Crippen LogP contribution in [-0.2, 0) is 39.5 Å². The molecular weight excluding hydrogens is 447 g/mol. The van der Waals surface area contributed by atoms with Crippen molar-refractivity contribution in [2.24, 2.45) is 0 Å². The second-order valence-electron chi connectivity index (χ2n) is 7.24. The zero-order valence-electron chi connectivity index (χ0n) is 19.4. The van der Waals surface area contributed by atoms with Crippen molar-refractivity contribution in [3.63, 3.8) is 0 Å². The van der Waals surface area contributed by atoms with Crippen LogP contribution in [0.3, 0.4) is 0 Å². The van der Waals surface area contributed by atoms with Crippen LogP contribution in [0.15, 0.2) is 12.8 Å². The number of unbranched alkanes of at least 4 members (excludes halogenated alkanes) is 15. The summed E-state index contributed by atoms with van der Waals surface area (Å²) in [7, 11) is -4.64. The Morgan fingerprint density at radius 3 is 1.38 bits per heavy atom. The molecule has 32 heavy (non-hydrogen) atoms. The molecule has 0 amide bonds. The molecule has 0 aliphatic heterocycles. The molecule has 0 fully saturated rings. The third-order valence-corrected chi connectivity index (χ3v) is 4.35. The number of rotatable bonds is 24. The van der Waals surface area contributed by atoms with E-state index in [2.05, 4.69) is 43.6 Å². The van der Waals surface area contributed by atoms with E-state index in [-0.39, 0.29) is 0 Å². The first-order chi connectivity index (χ1) is 15.4. The summed E-state index contributed by atoms with van der Waals surface area (Å²) >= 11 is 0. The second kappa shape index (κ2) is 28.4. The van der Waals surface area contributed by atoms with Crippen molar-refractivity contribution in [2.75, 3.05) is 6.61 Å². The molecule has 12 heteroatoms. The van der Waals surface area contributed by atoms with Gasteiger partial charge in [-0.2, -0.15) is 0 Å². The van der Waals surface area contributed by atoms with Gasteiger partial charge < -0.3 is 19.6 Å². The molecule has 0 radical (unpaired) electrons. The first-order valence-corrected chi connectivity index (χ1v) is 13.0. The molecule has 0 heterocycles. The molecule has 194 valence electrons. The quantitative estimate of drug-likeness (QED) is 0.0477. The van der Waals surface area contributed by atoms with E-state index in [1.165, 1.54) is 89.9 Å². The predicted molar refractivity (Wildman–Crippen MR) is 116 cm³/mol. The van der Waals surface area contributed by atoms with E-state index >= 15 is 0 Å². The van der Waals surface area contributed by atoms with Crippen LogP contribution in [-0.4, -0.2) is 21.3 Å². The summed E-state index contributed by atoms with van der Waals surface area (Å²) in [5, 5.41) is 20.0. The monoisotopic (exact) mass is 490 g/mol. The van der Waals surface area contributed by atoms with Crippen molar-refractivity contribution in [1.29, 1.82) is 0 Å². The zero-order chi connectivity index (χ0) is 24.2. The van der Waals surface area contributed by atoms with E-state index in [4.69, 9.17) is 24.1 Å². The first-order valence-electron chi connectivity index (χ1n) is 11.4. The molecular formula is C20H43O11P. The van der Waals surface area contributed by atoms with Crippen LogP contribution in [0.5, 0.6) is 0 Å². The van der Waals surface area contributed by atoms with E-state index in [9.17, 15) is 0 Å². The van der Waals surface area contributed by atoms with Gasteiger partial charge in [-0.25, -0.2) is 9.45 Å². The van der Waals surface area contributed by atoms with Gasteiger partial charge in [-0.15, -0.1) is 0 Å². The second-order valence-corrected chi connectivity index (χ2v) is 8.27. The van der Waals surface area contributed by atoms with Gasteiger partial charge in [0.2, 0.25) is 0 Å². The summed E-state index contributed by atoms with van der Waals surface area (Å²) in [5.74, 6) is 0. The van der Waals surface area contributed by atoms with Gasteiger partial charge in [0.1, 0.15) is 6.26 Å². The van der Waals surface area contributed by atoms with E-state index < -0.39 is 7.82 Å². The first kappa shape index (κ1) is 33.6. The lowest BCUT2D eigenvalue weighted by molar-refractivity contribution is -0.786. The Morgan fingerprint density at radius 2 is 0.969 bits per heavy atom. The molecule has 0 aromatic heterocycles. The van der Waals surface area contributed by atoms with Crippen molar-refractivity contribution in [1.82, 2.24) is 0 Å². The fourth-order valence-electron chi connectivity index (χ4n) is 2.84. The molecule has 0 aromatic rings. The molecule has 11 nitrogen and oxygen atoms in total. The van der Waals surface area contributed by atoms with Crippen molar-refractivity contribution in [2.45, 2.75) is 110 Å². The Kier molecular flexibility index (Phi) is 29.8. The van der Waals surface area contributed by atoms with Gasteiger partial charge in [-0.3, -0.25) is 0 Å². The topological polar surface area (TPSA) is 142 Å². The van der Waals surface area contributed by atoms with Crippen LogP contribution in [0.25, 0.3) is 0 Å². The maximum Gasteiger partial charge on any atom is 0.466 e. The van der Waals surface area contributed by atoms with E-state index in [0.29, 0.717) is 6.61 Å². The summed E-state index contributed by atoms with van der Waals surface area (Å²) in [5.41, 5.74) is 0. The summed E-state index contributed by atoms with van der Waals surface area (Å²) in [4.78, 5) is 30.4. The standard InChI is InChI=1S/C20H40O7.H3O4P/c1-3-5-6-7-8-9-10-11-12-13-14-15-16-17-18-19-20-22-24-26-27-25-23-21-4-2;1-5(2,3)4/h4H,2-3,5-20H2,1H3;(H3,1,2,3,4). The number of hydrogen-bond donors (Lipinski definition) is 3. The highest BCUT2D eigenvalue weighted by Crippen LogP contribution is 2.25. The maximum absolute atomic E-state index is 8.88. The van der Waals surface area contributed by atoms with E-state index in [1.54, 1.807) is 0 Å². The van der Waals surface area contributed by atoms with Crippen molar-refractivity contribution in [3.05, 3.63) is 12.8 Å². The molecule has 0 aromatic carbocycles. The Hall–Kier alpha value is -0.590. The van der Waals surface area contributed by atoms with Gasteiger partial charge in [-0.05, 0) is 16.5 Å². The number of hydrogen-bond acceptors (Lipinski definition) is 8. The van der Waals surface area contributed by atoms with Gasteiger partial charge >= 0.3 is 7.82 Å². The van der Waals surface area contributed by atoms with Crippen molar-refractivity contribution >= 4 is 7.82 Å².